The van der Waals surface area contributed by atoms with Crippen LogP contribution in [0.4, 0.5) is 5.69 Å². The summed E-state index contributed by atoms with van der Waals surface area (Å²) in [6, 6.07) is 4.79. The van der Waals surface area contributed by atoms with Crippen LogP contribution in [0.2, 0.25) is 5.02 Å². The van der Waals surface area contributed by atoms with Crippen molar-refractivity contribution in [1.29, 1.82) is 0 Å². The third kappa shape index (κ3) is 3.64. The Morgan fingerprint density at radius 3 is 2.70 bits per heavy atom. The van der Waals surface area contributed by atoms with Crippen LogP contribution in [0.25, 0.3) is 0 Å². The first-order valence-electron chi connectivity index (χ1n) is 6.20. The van der Waals surface area contributed by atoms with E-state index >= 15 is 0 Å². The molecule has 1 saturated heterocycles. The van der Waals surface area contributed by atoms with E-state index in [4.69, 9.17) is 16.7 Å². The van der Waals surface area contributed by atoms with Gasteiger partial charge in [0.15, 0.2) is 0 Å². The van der Waals surface area contributed by atoms with Gasteiger partial charge >= 0.3 is 10.2 Å². The second-order valence-electron chi connectivity index (χ2n) is 4.37. The summed E-state index contributed by atoms with van der Waals surface area (Å²) in [5.41, 5.74) is 0.880. The normalized spacial score (nSPS) is 15.7. The Bertz CT molecular complexity index is 643. The molecule has 1 aliphatic heterocycles. The summed E-state index contributed by atoms with van der Waals surface area (Å²) in [6.45, 7) is 0.797. The zero-order valence-electron chi connectivity index (χ0n) is 10.8. The van der Waals surface area contributed by atoms with Gasteiger partial charge in [0.05, 0.1) is 10.7 Å². The van der Waals surface area contributed by atoms with E-state index in [0.717, 1.165) is 12.8 Å². The number of rotatable bonds is 3. The fourth-order valence-electron chi connectivity index (χ4n) is 1.95. The van der Waals surface area contributed by atoms with Gasteiger partial charge in [-0.05, 0) is 31.0 Å². The highest BCUT2D eigenvalue weighted by Crippen LogP contribution is 2.25. The molecule has 1 aromatic carbocycles. The number of benzene rings is 1. The van der Waals surface area contributed by atoms with Gasteiger partial charge in [-0.1, -0.05) is 23.4 Å². The number of hydrogen-bond acceptors (Lipinski definition) is 3. The van der Waals surface area contributed by atoms with Crippen molar-refractivity contribution in [1.82, 2.24) is 4.31 Å². The molecule has 0 bridgehead atoms. The van der Waals surface area contributed by atoms with E-state index in [9.17, 15) is 8.42 Å². The van der Waals surface area contributed by atoms with Crippen LogP contribution < -0.4 is 4.72 Å². The molecule has 1 aliphatic rings. The van der Waals surface area contributed by atoms with Crippen molar-refractivity contribution in [3.8, 4) is 11.8 Å². The SMILES string of the molecule is O=S(=O)(Nc1cc(C#CCO)ccc1Cl)N1CCCC1. The molecule has 0 aliphatic carbocycles. The molecule has 0 unspecified atom stereocenters. The fourth-order valence-corrected chi connectivity index (χ4v) is 3.49. The third-order valence-corrected chi connectivity index (χ3v) is 4.77. The third-order valence-electron chi connectivity index (χ3n) is 2.92. The topological polar surface area (TPSA) is 69.6 Å². The number of hydrogen-bond donors (Lipinski definition) is 2. The highest BCUT2D eigenvalue weighted by molar-refractivity contribution is 7.90. The lowest BCUT2D eigenvalue weighted by Crippen LogP contribution is -2.33. The number of anilines is 1. The lowest BCUT2D eigenvalue weighted by Gasteiger charge is -2.17. The second kappa shape index (κ2) is 6.46. The van der Waals surface area contributed by atoms with Crippen molar-refractivity contribution < 1.29 is 13.5 Å². The van der Waals surface area contributed by atoms with Crippen molar-refractivity contribution in [2.24, 2.45) is 0 Å². The fraction of sp³-hybridized carbons (Fsp3) is 0.385. The molecule has 0 spiro atoms. The molecule has 0 saturated carbocycles. The monoisotopic (exact) mass is 314 g/mol. The number of nitrogens with zero attached hydrogens (tertiary/aromatic N) is 1. The van der Waals surface area contributed by atoms with Gasteiger partial charge in [-0.25, -0.2) is 0 Å². The predicted octanol–water partition coefficient (Wildman–Crippen LogP) is 1.44. The molecule has 7 heteroatoms. The molecule has 0 aromatic heterocycles. The van der Waals surface area contributed by atoms with Gasteiger partial charge in [-0.15, -0.1) is 0 Å². The Morgan fingerprint density at radius 1 is 1.35 bits per heavy atom. The first kappa shape index (κ1) is 15.1. The van der Waals surface area contributed by atoms with Crippen LogP contribution in [0.5, 0.6) is 0 Å². The Morgan fingerprint density at radius 2 is 2.05 bits per heavy atom. The minimum atomic E-state index is -3.57. The lowest BCUT2D eigenvalue weighted by atomic mass is 10.2. The Hall–Kier alpha value is -1.26. The van der Waals surface area contributed by atoms with Crippen LogP contribution in [0, 0.1) is 11.8 Å². The second-order valence-corrected chi connectivity index (χ2v) is 6.45. The van der Waals surface area contributed by atoms with Crippen molar-refractivity contribution in [2.75, 3.05) is 24.4 Å². The molecule has 5 nitrogen and oxygen atoms in total. The largest absolute Gasteiger partial charge is 0.384 e. The maximum Gasteiger partial charge on any atom is 0.301 e. The summed E-state index contributed by atoms with van der Waals surface area (Å²) in [5.74, 6) is 5.21. The molecule has 0 atom stereocenters. The quantitative estimate of drug-likeness (QED) is 0.829. The summed E-state index contributed by atoms with van der Waals surface area (Å²) in [4.78, 5) is 0. The molecule has 1 aromatic rings. The summed E-state index contributed by atoms with van der Waals surface area (Å²) in [6.07, 6.45) is 1.74. The molecule has 1 fully saturated rings. The molecular weight excluding hydrogens is 300 g/mol. The molecule has 2 N–H and O–H groups in total. The van der Waals surface area contributed by atoms with Crippen molar-refractivity contribution in [3.63, 3.8) is 0 Å². The highest BCUT2D eigenvalue weighted by atomic mass is 35.5. The van der Waals surface area contributed by atoms with E-state index in [-0.39, 0.29) is 6.61 Å². The van der Waals surface area contributed by atoms with Crippen molar-refractivity contribution >= 4 is 27.5 Å². The summed E-state index contributed by atoms with van der Waals surface area (Å²) in [5, 5.41) is 8.97. The standard InChI is InChI=1S/C13H15ClN2O3S/c14-12-6-5-11(4-3-9-17)10-13(12)15-20(18,19)16-7-1-2-8-16/h5-6,10,15,17H,1-2,7-9H2. The van der Waals surface area contributed by atoms with Crippen LogP contribution in [0.1, 0.15) is 18.4 Å². The van der Waals surface area contributed by atoms with Gasteiger partial charge in [0.1, 0.15) is 6.61 Å². The summed E-state index contributed by atoms with van der Waals surface area (Å²) in [7, 11) is -3.57. The zero-order valence-corrected chi connectivity index (χ0v) is 12.3. The first-order chi connectivity index (χ1) is 9.53. The van der Waals surface area contributed by atoms with Crippen LogP contribution in [-0.4, -0.2) is 37.5 Å². The van der Waals surface area contributed by atoms with E-state index in [1.807, 2.05) is 0 Å². The van der Waals surface area contributed by atoms with Gasteiger partial charge < -0.3 is 5.11 Å². The van der Waals surface area contributed by atoms with Crippen LogP contribution in [0.15, 0.2) is 18.2 Å². The molecule has 108 valence electrons. The van der Waals surface area contributed by atoms with E-state index in [2.05, 4.69) is 16.6 Å². The first-order valence-corrected chi connectivity index (χ1v) is 8.02. The maximum absolute atomic E-state index is 12.2. The number of nitrogens with one attached hydrogen (secondary N) is 1. The van der Waals surface area contributed by atoms with Crippen molar-refractivity contribution in [2.45, 2.75) is 12.8 Å². The Balaban J connectivity index is 2.23. The van der Waals surface area contributed by atoms with E-state index < -0.39 is 10.2 Å². The van der Waals surface area contributed by atoms with Gasteiger partial charge in [0.25, 0.3) is 0 Å². The smallest absolute Gasteiger partial charge is 0.301 e. The van der Waals surface area contributed by atoms with Gasteiger partial charge in [0, 0.05) is 18.7 Å². The predicted molar refractivity (Wildman–Crippen MR) is 78.8 cm³/mol. The lowest BCUT2D eigenvalue weighted by molar-refractivity contribution is 0.350. The van der Waals surface area contributed by atoms with E-state index in [0.29, 0.717) is 29.4 Å². The van der Waals surface area contributed by atoms with E-state index in [1.54, 1.807) is 18.2 Å². The zero-order chi connectivity index (χ0) is 14.6. The Labute approximate surface area is 123 Å². The van der Waals surface area contributed by atoms with Crippen molar-refractivity contribution in [3.05, 3.63) is 28.8 Å². The van der Waals surface area contributed by atoms with Crippen LogP contribution >= 0.6 is 11.6 Å². The average Bonchev–Trinajstić information content (AvgIpc) is 2.94. The molecule has 1 heterocycles. The summed E-state index contributed by atoms with van der Waals surface area (Å²) >= 11 is 6.00. The number of halogens is 1. The summed E-state index contributed by atoms with van der Waals surface area (Å²) < 4.78 is 28.2. The van der Waals surface area contributed by atoms with E-state index in [1.165, 1.54) is 4.31 Å². The minimum absolute atomic E-state index is 0.253. The number of aliphatic hydroxyl groups excluding tert-OH is 1. The van der Waals surface area contributed by atoms with Crippen LogP contribution in [-0.2, 0) is 10.2 Å². The van der Waals surface area contributed by atoms with Crippen LogP contribution in [0.3, 0.4) is 0 Å². The molecule has 0 radical (unpaired) electrons. The van der Waals surface area contributed by atoms with Gasteiger partial charge in [-0.2, -0.15) is 12.7 Å². The molecular formula is C13H15ClN2O3S. The average molecular weight is 315 g/mol. The highest BCUT2D eigenvalue weighted by Gasteiger charge is 2.25. The Kier molecular flexibility index (Phi) is 4.89. The van der Waals surface area contributed by atoms with Gasteiger partial charge in [0.2, 0.25) is 0 Å². The molecule has 2 rings (SSSR count). The molecule has 0 amide bonds. The van der Waals surface area contributed by atoms with Gasteiger partial charge in [-0.3, -0.25) is 4.72 Å². The minimum Gasteiger partial charge on any atom is -0.384 e. The molecule has 20 heavy (non-hydrogen) atoms. The number of aliphatic hydroxyl groups is 1. The maximum atomic E-state index is 12.2.